The maximum Gasteiger partial charge on any atom is 0.253 e. The van der Waals surface area contributed by atoms with Crippen molar-refractivity contribution in [2.45, 2.75) is 45.6 Å². The van der Waals surface area contributed by atoms with E-state index in [1.54, 1.807) is 0 Å². The highest BCUT2D eigenvalue weighted by Crippen LogP contribution is 2.17. The first kappa shape index (κ1) is 18.9. The number of carbonyl (C=O) groups excluding carboxylic acids is 2. The van der Waals surface area contributed by atoms with E-state index in [9.17, 15) is 9.59 Å². The van der Waals surface area contributed by atoms with Crippen molar-refractivity contribution in [2.75, 3.05) is 32.8 Å². The summed E-state index contributed by atoms with van der Waals surface area (Å²) in [5.74, 6) is 0.761. The molecule has 2 aliphatic rings. The molecule has 0 bridgehead atoms. The van der Waals surface area contributed by atoms with E-state index in [1.807, 2.05) is 21.9 Å². The second-order valence-electron chi connectivity index (χ2n) is 7.77. The van der Waals surface area contributed by atoms with Gasteiger partial charge in [-0.1, -0.05) is 26.0 Å². The fourth-order valence-electron chi connectivity index (χ4n) is 3.75. The molecule has 142 valence electrons. The summed E-state index contributed by atoms with van der Waals surface area (Å²) in [6.07, 6.45) is 3.35. The molecule has 0 saturated carbocycles. The second-order valence-corrected chi connectivity index (χ2v) is 7.77. The van der Waals surface area contributed by atoms with Crippen molar-refractivity contribution in [3.8, 4) is 0 Å². The number of nitrogens with zero attached hydrogens (tertiary/aromatic N) is 2. The van der Waals surface area contributed by atoms with Gasteiger partial charge in [0.1, 0.15) is 6.10 Å². The second kappa shape index (κ2) is 8.67. The zero-order valence-electron chi connectivity index (χ0n) is 15.9. The molecule has 2 aliphatic heterocycles. The van der Waals surface area contributed by atoms with Crippen LogP contribution in [0.4, 0.5) is 0 Å². The van der Waals surface area contributed by atoms with Crippen LogP contribution >= 0.6 is 0 Å². The molecule has 5 heteroatoms. The van der Waals surface area contributed by atoms with Gasteiger partial charge in [-0.3, -0.25) is 9.59 Å². The molecule has 0 radical (unpaired) electrons. The van der Waals surface area contributed by atoms with Crippen LogP contribution in [0.1, 0.15) is 49.0 Å². The molecule has 1 aromatic rings. The fraction of sp³-hybridized carbons (Fsp3) is 0.619. The normalized spacial score (nSPS) is 21.1. The number of hydrogen-bond acceptors (Lipinski definition) is 3. The third-order valence-electron chi connectivity index (χ3n) is 5.14. The quantitative estimate of drug-likeness (QED) is 0.832. The van der Waals surface area contributed by atoms with Crippen LogP contribution < -0.4 is 0 Å². The molecule has 0 spiro atoms. The van der Waals surface area contributed by atoms with Crippen LogP contribution in [-0.4, -0.2) is 60.5 Å². The molecule has 3 rings (SSSR count). The summed E-state index contributed by atoms with van der Waals surface area (Å²) >= 11 is 0. The largest absolute Gasteiger partial charge is 0.368 e. The van der Waals surface area contributed by atoms with Crippen molar-refractivity contribution < 1.29 is 14.3 Å². The van der Waals surface area contributed by atoms with E-state index in [0.717, 1.165) is 31.2 Å². The monoisotopic (exact) mass is 358 g/mol. The zero-order chi connectivity index (χ0) is 18.5. The van der Waals surface area contributed by atoms with Crippen molar-refractivity contribution in [2.24, 2.45) is 5.92 Å². The van der Waals surface area contributed by atoms with Gasteiger partial charge in [0.2, 0.25) is 0 Å². The number of carbonyl (C=O) groups is 2. The predicted molar refractivity (Wildman–Crippen MR) is 101 cm³/mol. The molecule has 2 fully saturated rings. The van der Waals surface area contributed by atoms with E-state index < -0.39 is 0 Å². The fourth-order valence-corrected chi connectivity index (χ4v) is 3.75. The van der Waals surface area contributed by atoms with Crippen molar-refractivity contribution in [3.05, 3.63) is 35.4 Å². The van der Waals surface area contributed by atoms with Gasteiger partial charge in [0.05, 0.1) is 0 Å². The van der Waals surface area contributed by atoms with Crippen molar-refractivity contribution >= 4 is 11.8 Å². The summed E-state index contributed by atoms with van der Waals surface area (Å²) in [6.45, 7) is 7.65. The molecule has 1 unspecified atom stereocenters. The van der Waals surface area contributed by atoms with E-state index in [4.69, 9.17) is 4.74 Å². The number of benzene rings is 1. The topological polar surface area (TPSA) is 49.9 Å². The Labute approximate surface area is 156 Å². The van der Waals surface area contributed by atoms with E-state index in [0.29, 0.717) is 38.7 Å². The van der Waals surface area contributed by atoms with Gasteiger partial charge in [-0.2, -0.15) is 0 Å². The van der Waals surface area contributed by atoms with Gasteiger partial charge >= 0.3 is 0 Å². The van der Waals surface area contributed by atoms with Gasteiger partial charge in [0, 0.05) is 38.3 Å². The zero-order valence-corrected chi connectivity index (χ0v) is 15.9. The number of hydrogen-bond donors (Lipinski definition) is 0. The Morgan fingerprint density at radius 2 is 1.73 bits per heavy atom. The lowest BCUT2D eigenvalue weighted by Crippen LogP contribution is -2.41. The minimum atomic E-state index is -0.272. The highest BCUT2D eigenvalue weighted by Gasteiger charge is 2.30. The van der Waals surface area contributed by atoms with Crippen LogP contribution in [0, 0.1) is 5.92 Å². The highest BCUT2D eigenvalue weighted by atomic mass is 16.5. The summed E-state index contributed by atoms with van der Waals surface area (Å²) < 4.78 is 5.52. The van der Waals surface area contributed by atoms with Crippen LogP contribution in [0.3, 0.4) is 0 Å². The standard InChI is InChI=1S/C21H30N2O3/c1-16(2)15-17-6-8-18(9-7-17)20(24)22-10-4-11-23(13-12-22)21(25)19-5-3-14-26-19/h6-9,16,19H,3-5,10-15H2,1-2H3. The van der Waals surface area contributed by atoms with Crippen LogP contribution in [0.25, 0.3) is 0 Å². The first-order valence-electron chi connectivity index (χ1n) is 9.83. The van der Waals surface area contributed by atoms with Crippen molar-refractivity contribution in [1.82, 2.24) is 9.80 Å². The summed E-state index contributed by atoms with van der Waals surface area (Å²) in [6, 6.07) is 7.97. The third kappa shape index (κ3) is 4.64. The first-order chi connectivity index (χ1) is 12.5. The minimum Gasteiger partial charge on any atom is -0.368 e. The molecular weight excluding hydrogens is 328 g/mol. The molecule has 1 aromatic carbocycles. The van der Waals surface area contributed by atoms with E-state index in [2.05, 4.69) is 26.0 Å². The molecule has 2 saturated heterocycles. The van der Waals surface area contributed by atoms with Gasteiger partial charge in [-0.25, -0.2) is 0 Å². The number of rotatable bonds is 4. The Bertz CT molecular complexity index is 621. The Hall–Kier alpha value is -1.88. The Kier molecular flexibility index (Phi) is 6.30. The molecule has 1 atom stereocenters. The van der Waals surface area contributed by atoms with Crippen molar-refractivity contribution in [1.29, 1.82) is 0 Å². The molecule has 0 N–H and O–H groups in total. The minimum absolute atomic E-state index is 0.0625. The molecule has 2 amide bonds. The summed E-state index contributed by atoms with van der Waals surface area (Å²) in [7, 11) is 0. The molecule has 26 heavy (non-hydrogen) atoms. The maximum absolute atomic E-state index is 12.8. The van der Waals surface area contributed by atoms with Crippen LogP contribution in [0.15, 0.2) is 24.3 Å². The Morgan fingerprint density at radius 1 is 1.04 bits per heavy atom. The first-order valence-corrected chi connectivity index (χ1v) is 9.83. The lowest BCUT2D eigenvalue weighted by atomic mass is 10.0. The van der Waals surface area contributed by atoms with Gasteiger partial charge in [-0.15, -0.1) is 0 Å². The lowest BCUT2D eigenvalue weighted by Gasteiger charge is -2.24. The Morgan fingerprint density at radius 3 is 2.38 bits per heavy atom. The highest BCUT2D eigenvalue weighted by molar-refractivity contribution is 5.94. The lowest BCUT2D eigenvalue weighted by molar-refractivity contribution is -0.140. The SMILES string of the molecule is CC(C)Cc1ccc(C(=O)N2CCCN(C(=O)C3CCCO3)CC2)cc1. The van der Waals surface area contributed by atoms with Crippen molar-refractivity contribution in [3.63, 3.8) is 0 Å². The molecule has 2 heterocycles. The molecule has 0 aromatic heterocycles. The Balaban J connectivity index is 1.57. The smallest absolute Gasteiger partial charge is 0.253 e. The number of amides is 2. The van der Waals surface area contributed by atoms with E-state index in [-0.39, 0.29) is 17.9 Å². The van der Waals surface area contributed by atoms with E-state index in [1.165, 1.54) is 5.56 Å². The molecular formula is C21H30N2O3. The summed E-state index contributed by atoms with van der Waals surface area (Å²) in [5.41, 5.74) is 2.00. The van der Waals surface area contributed by atoms with Crippen LogP contribution in [-0.2, 0) is 16.0 Å². The van der Waals surface area contributed by atoms with Gasteiger partial charge < -0.3 is 14.5 Å². The summed E-state index contributed by atoms with van der Waals surface area (Å²) in [4.78, 5) is 29.1. The average Bonchev–Trinajstić information content (AvgIpc) is 3.05. The summed E-state index contributed by atoms with van der Waals surface area (Å²) in [5, 5.41) is 0. The maximum atomic E-state index is 12.8. The molecule has 0 aliphatic carbocycles. The van der Waals surface area contributed by atoms with Crippen LogP contribution in [0.5, 0.6) is 0 Å². The van der Waals surface area contributed by atoms with Gasteiger partial charge in [0.25, 0.3) is 11.8 Å². The van der Waals surface area contributed by atoms with E-state index >= 15 is 0 Å². The molecule has 5 nitrogen and oxygen atoms in total. The average molecular weight is 358 g/mol. The van der Waals surface area contributed by atoms with Gasteiger partial charge in [-0.05, 0) is 49.3 Å². The van der Waals surface area contributed by atoms with Gasteiger partial charge in [0.15, 0.2) is 0 Å². The third-order valence-corrected chi connectivity index (χ3v) is 5.14. The predicted octanol–water partition coefficient (Wildman–Crippen LogP) is 2.74. The van der Waals surface area contributed by atoms with Crippen LogP contribution in [0.2, 0.25) is 0 Å². The number of ether oxygens (including phenoxy) is 1.